The van der Waals surface area contributed by atoms with Crippen molar-refractivity contribution in [3.63, 3.8) is 0 Å². The second-order valence-corrected chi connectivity index (χ2v) is 7.87. The molecule has 0 aliphatic heterocycles. The number of benzene rings is 2. The van der Waals surface area contributed by atoms with Crippen molar-refractivity contribution in [3.8, 4) is 21.6 Å². The van der Waals surface area contributed by atoms with Gasteiger partial charge in [-0.1, -0.05) is 48.5 Å². The van der Waals surface area contributed by atoms with Gasteiger partial charge in [-0.3, -0.25) is 9.59 Å². The Bertz CT molecular complexity index is 1030. The quantitative estimate of drug-likeness (QED) is 0.615. The summed E-state index contributed by atoms with van der Waals surface area (Å²) in [6, 6.07) is 17.8. The minimum atomic E-state index is -0.471. The number of nitrogens with two attached hydrogens (primary N) is 1. The zero-order valence-electron chi connectivity index (χ0n) is 15.6. The summed E-state index contributed by atoms with van der Waals surface area (Å²) in [5.74, 6) is -0.556. The third kappa shape index (κ3) is 3.12. The fraction of sp³-hybridized carbons (Fsp3) is 0.217. The number of ether oxygens (including phenoxy) is 1. The summed E-state index contributed by atoms with van der Waals surface area (Å²) in [6.07, 6.45) is 1.66. The van der Waals surface area contributed by atoms with E-state index in [2.05, 4.69) is 0 Å². The summed E-state index contributed by atoms with van der Waals surface area (Å²) >= 11 is 1.50. The lowest BCUT2D eigenvalue weighted by atomic mass is 9.92. The maximum atomic E-state index is 12.3. The van der Waals surface area contributed by atoms with Crippen molar-refractivity contribution in [2.24, 2.45) is 5.73 Å². The third-order valence-corrected chi connectivity index (χ3v) is 6.21. The van der Waals surface area contributed by atoms with E-state index in [1.807, 2.05) is 60.8 Å². The molecule has 0 spiro atoms. The van der Waals surface area contributed by atoms with Gasteiger partial charge < -0.3 is 10.5 Å². The lowest BCUT2D eigenvalue weighted by Gasteiger charge is -2.15. The van der Waals surface area contributed by atoms with E-state index in [1.165, 1.54) is 11.3 Å². The van der Waals surface area contributed by atoms with Crippen LogP contribution in [0.25, 0.3) is 21.6 Å². The minimum Gasteiger partial charge on any atom is -0.465 e. The first-order chi connectivity index (χ1) is 13.6. The van der Waals surface area contributed by atoms with Gasteiger partial charge in [-0.25, -0.2) is 0 Å². The Morgan fingerprint density at radius 3 is 2.32 bits per heavy atom. The van der Waals surface area contributed by atoms with Crippen LogP contribution in [-0.4, -0.2) is 18.5 Å². The lowest BCUT2D eigenvalue weighted by molar-refractivity contribution is -0.146. The summed E-state index contributed by atoms with van der Waals surface area (Å²) in [4.78, 5) is 25.0. The molecule has 0 radical (unpaired) electrons. The molecular weight excluding hydrogens is 370 g/mol. The first-order valence-corrected chi connectivity index (χ1v) is 10.2. The van der Waals surface area contributed by atoms with Crippen LogP contribution >= 0.6 is 11.3 Å². The summed E-state index contributed by atoms with van der Waals surface area (Å²) < 4.78 is 5.26. The van der Waals surface area contributed by atoms with Crippen LogP contribution in [0.4, 0.5) is 0 Å². The second kappa shape index (κ2) is 7.24. The van der Waals surface area contributed by atoms with Crippen molar-refractivity contribution in [1.29, 1.82) is 0 Å². The number of carbonyl (C=O) groups excluding carboxylic acids is 2. The average Bonchev–Trinajstić information content (AvgIpc) is 3.38. The molecule has 0 bridgehead atoms. The molecule has 2 aromatic carbocycles. The molecule has 0 atom stereocenters. The smallest absolute Gasteiger partial charge is 0.316 e. The van der Waals surface area contributed by atoms with Crippen molar-refractivity contribution < 1.29 is 14.3 Å². The Morgan fingerprint density at radius 1 is 1.04 bits per heavy atom. The third-order valence-electron chi connectivity index (χ3n) is 5.27. The van der Waals surface area contributed by atoms with Gasteiger partial charge in [-0.15, -0.1) is 11.3 Å². The normalized spacial score (nSPS) is 14.5. The largest absolute Gasteiger partial charge is 0.465 e. The number of primary amides is 1. The Morgan fingerprint density at radius 2 is 1.71 bits per heavy atom. The molecule has 4 nitrogen and oxygen atoms in total. The standard InChI is InChI=1S/C23H21NO3S/c1-2-27-22(26)23(12-13-23)16-9-7-15(8-10-16)17-5-3-4-6-18(17)20-19(21(24)25)11-14-28-20/h3-11,14H,2,12-13H2,1H3,(H2,24,25). The van der Waals surface area contributed by atoms with Crippen molar-refractivity contribution in [2.45, 2.75) is 25.2 Å². The van der Waals surface area contributed by atoms with E-state index >= 15 is 0 Å². The van der Waals surface area contributed by atoms with Crippen LogP contribution in [0.3, 0.4) is 0 Å². The van der Waals surface area contributed by atoms with Gasteiger partial charge in [0.2, 0.25) is 5.91 Å². The molecule has 0 saturated heterocycles. The molecule has 1 saturated carbocycles. The highest BCUT2D eigenvalue weighted by molar-refractivity contribution is 7.14. The summed E-state index contributed by atoms with van der Waals surface area (Å²) in [5.41, 5.74) is 9.64. The van der Waals surface area contributed by atoms with Crippen LogP contribution in [0.5, 0.6) is 0 Å². The molecule has 4 rings (SSSR count). The molecule has 1 heterocycles. The highest BCUT2D eigenvalue weighted by Crippen LogP contribution is 2.49. The SMILES string of the molecule is CCOC(=O)C1(c2ccc(-c3ccccc3-c3sccc3C(N)=O)cc2)CC1. The number of carbonyl (C=O) groups is 2. The van der Waals surface area contributed by atoms with E-state index in [4.69, 9.17) is 10.5 Å². The highest BCUT2D eigenvalue weighted by Gasteiger charge is 2.52. The number of esters is 1. The molecule has 1 aliphatic rings. The van der Waals surface area contributed by atoms with E-state index in [9.17, 15) is 9.59 Å². The maximum absolute atomic E-state index is 12.3. The number of amides is 1. The van der Waals surface area contributed by atoms with Crippen molar-refractivity contribution in [2.75, 3.05) is 6.61 Å². The van der Waals surface area contributed by atoms with E-state index in [-0.39, 0.29) is 5.97 Å². The lowest BCUT2D eigenvalue weighted by Crippen LogP contribution is -2.23. The van der Waals surface area contributed by atoms with Crippen molar-refractivity contribution >= 4 is 23.2 Å². The Kier molecular flexibility index (Phi) is 4.77. The molecule has 2 N–H and O–H groups in total. The average molecular weight is 391 g/mol. The summed E-state index contributed by atoms with van der Waals surface area (Å²) in [5, 5.41) is 1.88. The number of rotatable bonds is 6. The van der Waals surface area contributed by atoms with Gasteiger partial charge in [0.05, 0.1) is 17.6 Å². The zero-order chi connectivity index (χ0) is 19.7. The fourth-order valence-corrected chi connectivity index (χ4v) is 4.56. The van der Waals surface area contributed by atoms with Crippen LogP contribution < -0.4 is 5.73 Å². The van der Waals surface area contributed by atoms with Gasteiger partial charge in [0.15, 0.2) is 0 Å². The summed E-state index contributed by atoms with van der Waals surface area (Å²) in [6.45, 7) is 2.23. The van der Waals surface area contributed by atoms with Gasteiger partial charge in [-0.2, -0.15) is 0 Å². The van der Waals surface area contributed by atoms with E-state index in [1.54, 1.807) is 6.07 Å². The maximum Gasteiger partial charge on any atom is 0.316 e. The molecular formula is C23H21NO3S. The van der Waals surface area contributed by atoms with Crippen molar-refractivity contribution in [3.05, 3.63) is 71.1 Å². The van der Waals surface area contributed by atoms with Gasteiger partial charge in [0.25, 0.3) is 0 Å². The Hall–Kier alpha value is -2.92. The highest BCUT2D eigenvalue weighted by atomic mass is 32.1. The topological polar surface area (TPSA) is 69.4 Å². The van der Waals surface area contributed by atoms with Gasteiger partial charge in [0.1, 0.15) is 0 Å². The van der Waals surface area contributed by atoms with E-state index in [0.717, 1.165) is 40.0 Å². The fourth-order valence-electron chi connectivity index (χ4n) is 3.62. The number of hydrogen-bond acceptors (Lipinski definition) is 4. The molecule has 0 unspecified atom stereocenters. The predicted octanol–water partition coefficient (Wildman–Crippen LogP) is 4.78. The summed E-state index contributed by atoms with van der Waals surface area (Å²) in [7, 11) is 0. The molecule has 1 aliphatic carbocycles. The first-order valence-electron chi connectivity index (χ1n) is 9.31. The minimum absolute atomic E-state index is 0.132. The first kappa shape index (κ1) is 18.4. The number of thiophene rings is 1. The second-order valence-electron chi connectivity index (χ2n) is 6.95. The van der Waals surface area contributed by atoms with Gasteiger partial charge >= 0.3 is 5.97 Å². The molecule has 28 heavy (non-hydrogen) atoms. The zero-order valence-corrected chi connectivity index (χ0v) is 16.4. The predicted molar refractivity (Wildman–Crippen MR) is 111 cm³/mol. The van der Waals surface area contributed by atoms with Crippen LogP contribution in [-0.2, 0) is 14.9 Å². The molecule has 1 aromatic heterocycles. The van der Waals surface area contributed by atoms with Crippen molar-refractivity contribution in [1.82, 2.24) is 0 Å². The molecule has 142 valence electrons. The van der Waals surface area contributed by atoms with Crippen LogP contribution in [0.2, 0.25) is 0 Å². The molecule has 1 amide bonds. The van der Waals surface area contributed by atoms with Crippen LogP contribution in [0.15, 0.2) is 60.0 Å². The van der Waals surface area contributed by atoms with E-state index < -0.39 is 11.3 Å². The molecule has 5 heteroatoms. The van der Waals surface area contributed by atoms with Gasteiger partial charge in [-0.05, 0) is 47.9 Å². The van der Waals surface area contributed by atoms with Crippen LogP contribution in [0, 0.1) is 0 Å². The Balaban J connectivity index is 1.71. The monoisotopic (exact) mass is 391 g/mol. The van der Waals surface area contributed by atoms with Crippen LogP contribution in [0.1, 0.15) is 35.7 Å². The molecule has 3 aromatic rings. The number of hydrogen-bond donors (Lipinski definition) is 1. The Labute approximate surface area is 168 Å². The van der Waals surface area contributed by atoms with E-state index in [0.29, 0.717) is 12.2 Å². The van der Waals surface area contributed by atoms with Gasteiger partial charge in [0, 0.05) is 10.4 Å². The molecule has 1 fully saturated rings.